The zero-order valence-corrected chi connectivity index (χ0v) is 14.5. The van der Waals surface area contributed by atoms with Crippen molar-refractivity contribution in [2.45, 2.75) is 25.5 Å². The van der Waals surface area contributed by atoms with Crippen LogP contribution in [0.2, 0.25) is 0 Å². The molecule has 6 nitrogen and oxygen atoms in total. The number of likely N-dealkylation sites (tertiary alicyclic amines) is 1. The summed E-state index contributed by atoms with van der Waals surface area (Å²) >= 11 is 0. The fourth-order valence-corrected chi connectivity index (χ4v) is 3.41. The number of ether oxygens (including phenoxy) is 1. The quantitative estimate of drug-likeness (QED) is 0.741. The molecule has 0 spiro atoms. The summed E-state index contributed by atoms with van der Waals surface area (Å²) in [5, 5.41) is 1.26. The number of nitrogens with one attached hydrogen (secondary N) is 1. The highest BCUT2D eigenvalue weighted by atomic mass is 16.5. The molecule has 0 saturated carbocycles. The number of nitrogens with two attached hydrogens (primary N) is 1. The molecule has 3 heterocycles. The predicted molar refractivity (Wildman–Crippen MR) is 100.0 cm³/mol. The van der Waals surface area contributed by atoms with Crippen molar-refractivity contribution >= 4 is 16.8 Å². The first-order chi connectivity index (χ1) is 12.7. The summed E-state index contributed by atoms with van der Waals surface area (Å²) in [5.41, 5.74) is 8.05. The van der Waals surface area contributed by atoms with Crippen LogP contribution in [0.25, 0.3) is 10.9 Å². The SMILES string of the molecule is NC(=O)c1ccc(OC2CCN(Cc3cc4ccccc4[nH]3)CC2)nc1. The van der Waals surface area contributed by atoms with Gasteiger partial charge < -0.3 is 15.5 Å². The minimum absolute atomic E-state index is 0.154. The van der Waals surface area contributed by atoms with Crippen LogP contribution < -0.4 is 10.5 Å². The van der Waals surface area contributed by atoms with Crippen LogP contribution in [0.5, 0.6) is 5.88 Å². The summed E-state index contributed by atoms with van der Waals surface area (Å²) in [7, 11) is 0. The average Bonchev–Trinajstić information content (AvgIpc) is 3.06. The molecule has 1 aliphatic heterocycles. The van der Waals surface area contributed by atoms with Gasteiger partial charge in [0.1, 0.15) is 6.10 Å². The van der Waals surface area contributed by atoms with Gasteiger partial charge in [0.25, 0.3) is 0 Å². The van der Waals surface area contributed by atoms with E-state index < -0.39 is 5.91 Å². The largest absolute Gasteiger partial charge is 0.474 e. The second-order valence-electron chi connectivity index (χ2n) is 6.72. The lowest BCUT2D eigenvalue weighted by Gasteiger charge is -2.31. The van der Waals surface area contributed by atoms with E-state index in [0.717, 1.165) is 32.5 Å². The number of hydrogen-bond donors (Lipinski definition) is 2. The van der Waals surface area contributed by atoms with E-state index in [9.17, 15) is 4.79 Å². The minimum Gasteiger partial charge on any atom is -0.474 e. The Morgan fingerprint density at radius 2 is 2.04 bits per heavy atom. The number of fused-ring (bicyclic) bond motifs is 1. The number of piperidine rings is 1. The molecule has 3 N–H and O–H groups in total. The number of aromatic amines is 1. The predicted octanol–water partition coefficient (Wildman–Crippen LogP) is 2.71. The summed E-state index contributed by atoms with van der Waals surface area (Å²) in [6.07, 6.45) is 3.53. The molecule has 1 aromatic carbocycles. The normalized spacial score (nSPS) is 16.0. The van der Waals surface area contributed by atoms with E-state index in [4.69, 9.17) is 10.5 Å². The van der Waals surface area contributed by atoms with Crippen molar-refractivity contribution < 1.29 is 9.53 Å². The molecule has 4 rings (SSSR count). The topological polar surface area (TPSA) is 84.2 Å². The van der Waals surface area contributed by atoms with Crippen LogP contribution in [0.1, 0.15) is 28.9 Å². The highest BCUT2D eigenvalue weighted by Gasteiger charge is 2.21. The number of para-hydroxylation sites is 1. The summed E-state index contributed by atoms with van der Waals surface area (Å²) < 4.78 is 5.94. The Labute approximate surface area is 152 Å². The molecule has 6 heteroatoms. The van der Waals surface area contributed by atoms with Crippen molar-refractivity contribution in [3.63, 3.8) is 0 Å². The van der Waals surface area contributed by atoms with Crippen LogP contribution in [0, 0.1) is 0 Å². The van der Waals surface area contributed by atoms with E-state index >= 15 is 0 Å². The van der Waals surface area contributed by atoms with Gasteiger partial charge in [-0.25, -0.2) is 4.98 Å². The van der Waals surface area contributed by atoms with Gasteiger partial charge in [-0.1, -0.05) is 18.2 Å². The number of H-pyrrole nitrogens is 1. The molecule has 0 radical (unpaired) electrons. The summed E-state index contributed by atoms with van der Waals surface area (Å²) in [5.74, 6) is 0.0680. The van der Waals surface area contributed by atoms with Gasteiger partial charge in [-0.05, 0) is 36.4 Å². The molecule has 0 unspecified atom stereocenters. The summed E-state index contributed by atoms with van der Waals surface area (Å²) in [6, 6.07) is 13.9. The number of amides is 1. The van der Waals surface area contributed by atoms with Crippen LogP contribution in [0.3, 0.4) is 0 Å². The van der Waals surface area contributed by atoms with Crippen LogP contribution in [-0.2, 0) is 6.54 Å². The standard InChI is InChI=1S/C20H22N4O2/c21-20(25)15-5-6-19(22-12-15)26-17-7-9-24(10-8-17)13-16-11-14-3-1-2-4-18(14)23-16/h1-6,11-12,17,23H,7-10,13H2,(H2,21,25). The van der Waals surface area contributed by atoms with Gasteiger partial charge in [-0.3, -0.25) is 9.69 Å². The van der Waals surface area contributed by atoms with Crippen LogP contribution in [-0.4, -0.2) is 40.0 Å². The van der Waals surface area contributed by atoms with Crippen molar-refractivity contribution in [3.8, 4) is 5.88 Å². The second kappa shape index (κ2) is 7.17. The average molecular weight is 350 g/mol. The van der Waals surface area contributed by atoms with Gasteiger partial charge in [0.15, 0.2) is 0 Å². The lowest BCUT2D eigenvalue weighted by atomic mass is 10.1. The first-order valence-electron chi connectivity index (χ1n) is 8.89. The second-order valence-corrected chi connectivity index (χ2v) is 6.72. The number of aromatic nitrogens is 2. The lowest BCUT2D eigenvalue weighted by molar-refractivity contribution is 0.0925. The van der Waals surface area contributed by atoms with E-state index in [2.05, 4.69) is 45.2 Å². The Morgan fingerprint density at radius 3 is 2.73 bits per heavy atom. The fourth-order valence-electron chi connectivity index (χ4n) is 3.41. The third-order valence-corrected chi connectivity index (χ3v) is 4.82. The lowest BCUT2D eigenvalue weighted by Crippen LogP contribution is -2.38. The number of nitrogens with zero attached hydrogens (tertiary/aromatic N) is 2. The number of hydrogen-bond acceptors (Lipinski definition) is 4. The van der Waals surface area contributed by atoms with Gasteiger partial charge in [0, 0.05) is 43.1 Å². The first-order valence-corrected chi connectivity index (χ1v) is 8.89. The van der Waals surface area contributed by atoms with Crippen molar-refractivity contribution in [2.24, 2.45) is 5.73 Å². The van der Waals surface area contributed by atoms with E-state index in [1.54, 1.807) is 12.1 Å². The first kappa shape index (κ1) is 16.6. The Balaban J connectivity index is 1.30. The number of carbonyl (C=O) groups excluding carboxylic acids is 1. The van der Waals surface area contributed by atoms with Gasteiger partial charge in [-0.2, -0.15) is 0 Å². The van der Waals surface area contributed by atoms with Crippen molar-refractivity contribution in [2.75, 3.05) is 13.1 Å². The fraction of sp³-hybridized carbons (Fsp3) is 0.300. The molecule has 3 aromatic rings. The Morgan fingerprint density at radius 1 is 1.23 bits per heavy atom. The van der Waals surface area contributed by atoms with Crippen LogP contribution in [0.15, 0.2) is 48.7 Å². The number of pyridine rings is 1. The maximum Gasteiger partial charge on any atom is 0.250 e. The van der Waals surface area contributed by atoms with Crippen molar-refractivity contribution in [1.29, 1.82) is 0 Å². The highest BCUT2D eigenvalue weighted by molar-refractivity contribution is 5.92. The monoisotopic (exact) mass is 350 g/mol. The molecule has 1 aliphatic rings. The summed E-state index contributed by atoms with van der Waals surface area (Å²) in [6.45, 7) is 2.89. The molecule has 1 saturated heterocycles. The molecule has 134 valence electrons. The zero-order valence-electron chi connectivity index (χ0n) is 14.5. The van der Waals surface area contributed by atoms with Gasteiger partial charge in [-0.15, -0.1) is 0 Å². The number of carbonyl (C=O) groups is 1. The third kappa shape index (κ3) is 3.70. The Bertz CT molecular complexity index is 863. The van der Waals surface area contributed by atoms with Crippen molar-refractivity contribution in [1.82, 2.24) is 14.9 Å². The number of rotatable bonds is 5. The molecule has 1 amide bonds. The van der Waals surface area contributed by atoms with Crippen molar-refractivity contribution in [3.05, 3.63) is 59.9 Å². The van der Waals surface area contributed by atoms with E-state index in [0.29, 0.717) is 11.4 Å². The molecule has 2 aromatic heterocycles. The smallest absolute Gasteiger partial charge is 0.250 e. The molecule has 26 heavy (non-hydrogen) atoms. The van der Waals surface area contributed by atoms with E-state index in [1.165, 1.54) is 22.8 Å². The number of benzene rings is 1. The maximum absolute atomic E-state index is 11.1. The van der Waals surface area contributed by atoms with E-state index in [1.807, 2.05) is 0 Å². The van der Waals surface area contributed by atoms with Gasteiger partial charge in [0.05, 0.1) is 5.56 Å². The van der Waals surface area contributed by atoms with E-state index in [-0.39, 0.29) is 6.10 Å². The molecule has 1 fully saturated rings. The zero-order chi connectivity index (χ0) is 17.9. The molecular weight excluding hydrogens is 328 g/mol. The molecule has 0 bridgehead atoms. The maximum atomic E-state index is 11.1. The Kier molecular flexibility index (Phi) is 4.58. The Hall–Kier alpha value is -2.86. The minimum atomic E-state index is -0.477. The summed E-state index contributed by atoms with van der Waals surface area (Å²) in [4.78, 5) is 21.2. The molecular formula is C20H22N4O2. The molecule has 0 aliphatic carbocycles. The van der Waals surface area contributed by atoms with Gasteiger partial charge in [0.2, 0.25) is 11.8 Å². The number of primary amides is 1. The van der Waals surface area contributed by atoms with Crippen LogP contribution in [0.4, 0.5) is 0 Å². The highest BCUT2D eigenvalue weighted by Crippen LogP contribution is 2.20. The van der Waals surface area contributed by atoms with Gasteiger partial charge >= 0.3 is 0 Å². The molecule has 0 atom stereocenters. The van der Waals surface area contributed by atoms with Crippen LogP contribution >= 0.6 is 0 Å². The third-order valence-electron chi connectivity index (χ3n) is 4.82.